The predicted octanol–water partition coefficient (Wildman–Crippen LogP) is 2.85. The van der Waals surface area contributed by atoms with E-state index in [0.717, 1.165) is 10.5 Å². The molecule has 0 unspecified atom stereocenters. The minimum absolute atomic E-state index is 0.104. The van der Waals surface area contributed by atoms with Gasteiger partial charge in [-0.1, -0.05) is 15.9 Å². The molecule has 1 aromatic carbocycles. The average molecular weight is 314 g/mol. The van der Waals surface area contributed by atoms with Gasteiger partial charge < -0.3 is 4.74 Å². The number of hydrogen-bond donors (Lipinski definition) is 1. The van der Waals surface area contributed by atoms with Gasteiger partial charge in [-0.2, -0.15) is 5.26 Å². The molecule has 0 aliphatic heterocycles. The highest BCUT2D eigenvalue weighted by atomic mass is 79.9. The molecule has 1 aromatic rings. The van der Waals surface area contributed by atoms with Crippen molar-refractivity contribution in [2.75, 3.05) is 6.61 Å². The van der Waals surface area contributed by atoms with E-state index in [4.69, 9.17) is 10.00 Å². The second-order valence-corrected chi connectivity index (χ2v) is 4.41. The van der Waals surface area contributed by atoms with Crippen LogP contribution in [0.5, 0.6) is 0 Å². The van der Waals surface area contributed by atoms with E-state index in [2.05, 4.69) is 34.6 Å². The Morgan fingerprint density at radius 2 is 2.24 bits per heavy atom. The maximum atomic E-state index is 11.4. The number of thiol groups is 1. The quantitative estimate of drug-likeness (QED) is 0.528. The zero-order valence-electron chi connectivity index (χ0n) is 9.36. The van der Waals surface area contributed by atoms with Crippen LogP contribution >= 0.6 is 28.6 Å². The Kier molecular flexibility index (Phi) is 5.52. The van der Waals surface area contributed by atoms with Crippen LogP contribution in [0.4, 0.5) is 0 Å². The highest BCUT2D eigenvalue weighted by Gasteiger charge is 2.11. The van der Waals surface area contributed by atoms with Crippen molar-refractivity contribution in [1.29, 1.82) is 5.26 Å². The molecule has 0 aromatic heterocycles. The monoisotopic (exact) mass is 313 g/mol. The SMILES string of the molecule is CCOC(=O)Cc1cc(S)c(CBr)cc1C#N. The van der Waals surface area contributed by atoms with Crippen molar-refractivity contribution in [1.82, 2.24) is 0 Å². The molecule has 0 N–H and O–H groups in total. The molecule has 0 spiro atoms. The topological polar surface area (TPSA) is 50.1 Å². The standard InChI is InChI=1S/C12H12BrNO2S/c1-2-16-12(15)5-8-4-11(17)9(6-13)3-10(8)7-14/h3-4,17H,2,5-6H2,1H3. The van der Waals surface area contributed by atoms with Gasteiger partial charge in [-0.3, -0.25) is 4.79 Å². The van der Waals surface area contributed by atoms with Crippen molar-refractivity contribution in [3.63, 3.8) is 0 Å². The third kappa shape index (κ3) is 3.76. The summed E-state index contributed by atoms with van der Waals surface area (Å²) in [7, 11) is 0. The van der Waals surface area contributed by atoms with E-state index in [-0.39, 0.29) is 12.4 Å². The van der Waals surface area contributed by atoms with Crippen LogP contribution in [0.1, 0.15) is 23.6 Å². The number of ether oxygens (including phenoxy) is 1. The number of alkyl halides is 1. The third-order valence-corrected chi connectivity index (χ3v) is 3.23. The van der Waals surface area contributed by atoms with E-state index in [1.165, 1.54) is 0 Å². The Morgan fingerprint density at radius 3 is 2.76 bits per heavy atom. The molecule has 3 nitrogen and oxygen atoms in total. The van der Waals surface area contributed by atoms with Gasteiger partial charge in [-0.25, -0.2) is 0 Å². The Bertz CT molecular complexity index is 468. The minimum atomic E-state index is -0.330. The largest absolute Gasteiger partial charge is 0.466 e. The first-order valence-electron chi connectivity index (χ1n) is 5.08. The van der Waals surface area contributed by atoms with Crippen LogP contribution < -0.4 is 0 Å². The number of halogens is 1. The van der Waals surface area contributed by atoms with Crippen molar-refractivity contribution in [2.24, 2.45) is 0 Å². The van der Waals surface area contributed by atoms with Gasteiger partial charge in [0.1, 0.15) is 0 Å². The van der Waals surface area contributed by atoms with Gasteiger partial charge in [0.2, 0.25) is 0 Å². The molecule has 0 amide bonds. The summed E-state index contributed by atoms with van der Waals surface area (Å²) in [6, 6.07) is 5.57. The lowest BCUT2D eigenvalue weighted by Gasteiger charge is -2.08. The molecule has 17 heavy (non-hydrogen) atoms. The van der Waals surface area contributed by atoms with Crippen molar-refractivity contribution in [2.45, 2.75) is 23.6 Å². The van der Waals surface area contributed by atoms with Crippen LogP contribution in [0.3, 0.4) is 0 Å². The summed E-state index contributed by atoms with van der Waals surface area (Å²) in [5.41, 5.74) is 2.07. The number of nitrogens with zero attached hydrogens (tertiary/aromatic N) is 1. The fourth-order valence-electron chi connectivity index (χ4n) is 1.40. The van der Waals surface area contributed by atoms with Crippen molar-refractivity contribution in [3.8, 4) is 6.07 Å². The summed E-state index contributed by atoms with van der Waals surface area (Å²) in [5.74, 6) is -0.330. The van der Waals surface area contributed by atoms with Crippen LogP contribution in [0.2, 0.25) is 0 Å². The number of rotatable bonds is 4. The van der Waals surface area contributed by atoms with Gasteiger partial charge in [0.25, 0.3) is 0 Å². The maximum Gasteiger partial charge on any atom is 0.310 e. The Hall–Kier alpha value is -0.990. The van der Waals surface area contributed by atoms with Gasteiger partial charge >= 0.3 is 5.97 Å². The lowest BCUT2D eigenvalue weighted by atomic mass is 10.0. The summed E-state index contributed by atoms with van der Waals surface area (Å²) >= 11 is 7.64. The van der Waals surface area contributed by atoms with Crippen LogP contribution in [-0.2, 0) is 21.3 Å². The number of carbonyl (C=O) groups is 1. The second kappa shape index (κ2) is 6.67. The molecule has 0 saturated carbocycles. The van der Waals surface area contributed by atoms with Crippen molar-refractivity contribution in [3.05, 3.63) is 28.8 Å². The van der Waals surface area contributed by atoms with Crippen molar-refractivity contribution < 1.29 is 9.53 Å². The van der Waals surface area contributed by atoms with Crippen LogP contribution in [0.15, 0.2) is 17.0 Å². The molecule has 90 valence electrons. The first-order chi connectivity index (χ1) is 8.12. The first-order valence-corrected chi connectivity index (χ1v) is 6.65. The molecule has 5 heteroatoms. The van der Waals surface area contributed by atoms with Crippen LogP contribution in [-0.4, -0.2) is 12.6 Å². The summed E-state index contributed by atoms with van der Waals surface area (Å²) in [6.45, 7) is 2.09. The lowest BCUT2D eigenvalue weighted by Crippen LogP contribution is -2.09. The summed E-state index contributed by atoms with van der Waals surface area (Å²) < 4.78 is 4.86. The molecule has 1 rings (SSSR count). The second-order valence-electron chi connectivity index (χ2n) is 3.37. The molecule has 0 fully saturated rings. The van der Waals surface area contributed by atoms with E-state index in [1.54, 1.807) is 19.1 Å². The van der Waals surface area contributed by atoms with Gasteiger partial charge in [0, 0.05) is 10.2 Å². The summed E-state index contributed by atoms with van der Waals surface area (Å²) in [5, 5.41) is 9.65. The molecule has 0 heterocycles. The molecule has 0 aliphatic carbocycles. The van der Waals surface area contributed by atoms with Gasteiger partial charge in [0.05, 0.1) is 24.7 Å². The van der Waals surface area contributed by atoms with E-state index in [9.17, 15) is 4.79 Å². The number of nitriles is 1. The van der Waals surface area contributed by atoms with E-state index in [0.29, 0.717) is 23.1 Å². The van der Waals surface area contributed by atoms with E-state index < -0.39 is 0 Å². The molecule has 0 radical (unpaired) electrons. The fourth-order valence-corrected chi connectivity index (χ4v) is 2.38. The Balaban J connectivity index is 3.03. The zero-order chi connectivity index (χ0) is 12.8. The zero-order valence-corrected chi connectivity index (χ0v) is 11.8. The maximum absolute atomic E-state index is 11.4. The molecule has 0 bridgehead atoms. The minimum Gasteiger partial charge on any atom is -0.466 e. The highest BCUT2D eigenvalue weighted by Crippen LogP contribution is 2.22. The lowest BCUT2D eigenvalue weighted by molar-refractivity contribution is -0.142. The van der Waals surface area contributed by atoms with E-state index in [1.807, 2.05) is 0 Å². The summed E-state index contributed by atoms with van der Waals surface area (Å²) in [4.78, 5) is 12.1. The van der Waals surface area contributed by atoms with Crippen LogP contribution in [0.25, 0.3) is 0 Å². The molecule has 0 saturated heterocycles. The van der Waals surface area contributed by atoms with Crippen LogP contribution in [0, 0.1) is 11.3 Å². The number of esters is 1. The highest BCUT2D eigenvalue weighted by molar-refractivity contribution is 9.08. The normalized spacial score (nSPS) is 9.76. The van der Waals surface area contributed by atoms with Gasteiger partial charge in [0.15, 0.2) is 0 Å². The average Bonchev–Trinajstić information content (AvgIpc) is 2.29. The Morgan fingerprint density at radius 1 is 1.53 bits per heavy atom. The Labute approximate surface area is 114 Å². The summed E-state index contributed by atoms with van der Waals surface area (Å²) in [6.07, 6.45) is 0.104. The third-order valence-electron chi connectivity index (χ3n) is 2.21. The van der Waals surface area contributed by atoms with Crippen molar-refractivity contribution >= 4 is 34.5 Å². The van der Waals surface area contributed by atoms with Gasteiger partial charge in [-0.05, 0) is 30.2 Å². The van der Waals surface area contributed by atoms with E-state index >= 15 is 0 Å². The van der Waals surface area contributed by atoms with Gasteiger partial charge in [-0.15, -0.1) is 12.6 Å². The fraction of sp³-hybridized carbons (Fsp3) is 0.333. The smallest absolute Gasteiger partial charge is 0.310 e. The molecular formula is C12H12BrNO2S. The first kappa shape index (κ1) is 14.1. The number of hydrogen-bond acceptors (Lipinski definition) is 4. The number of benzene rings is 1. The molecule has 0 aliphatic rings. The predicted molar refractivity (Wildman–Crippen MR) is 71.4 cm³/mol. The number of carbonyl (C=O) groups excluding carboxylic acids is 1. The molecular weight excluding hydrogens is 302 g/mol. The molecule has 0 atom stereocenters.